The molecular weight excluding hydrogens is 282 g/mol. The van der Waals surface area contributed by atoms with Crippen LogP contribution in [0.5, 0.6) is 0 Å². The summed E-state index contributed by atoms with van der Waals surface area (Å²) >= 11 is 9.51. The largest absolute Gasteiger partial charge is 0.305 e. The first-order chi connectivity index (χ1) is 8.81. The zero-order chi connectivity index (χ0) is 12.8. The molecule has 0 saturated carbocycles. The molecule has 18 heavy (non-hydrogen) atoms. The monoisotopic (exact) mass is 299 g/mol. The summed E-state index contributed by atoms with van der Waals surface area (Å²) in [6.07, 6.45) is 3.78. The van der Waals surface area contributed by atoms with E-state index in [2.05, 4.69) is 35.8 Å². The topological polar surface area (TPSA) is 12.0 Å². The van der Waals surface area contributed by atoms with Crippen molar-refractivity contribution in [2.24, 2.45) is 0 Å². The smallest absolute Gasteiger partial charge is 0.0931 e. The zero-order valence-electron chi connectivity index (χ0n) is 10.5. The predicted molar refractivity (Wildman–Crippen MR) is 83.0 cm³/mol. The summed E-state index contributed by atoms with van der Waals surface area (Å²) in [7, 11) is 0. The maximum absolute atomic E-state index is 6.04. The molecule has 1 unspecified atom stereocenters. The molecule has 2 aromatic heterocycles. The van der Waals surface area contributed by atoms with Crippen LogP contribution in [0.15, 0.2) is 29.6 Å². The van der Waals surface area contributed by atoms with Crippen LogP contribution in [0, 0.1) is 0 Å². The Bertz CT molecular complexity index is 450. The van der Waals surface area contributed by atoms with E-state index in [0.29, 0.717) is 6.04 Å². The van der Waals surface area contributed by atoms with Gasteiger partial charge in [-0.15, -0.1) is 22.7 Å². The van der Waals surface area contributed by atoms with Gasteiger partial charge in [-0.2, -0.15) is 0 Å². The van der Waals surface area contributed by atoms with Crippen LogP contribution in [0.25, 0.3) is 0 Å². The molecular formula is C14H18ClNS2. The lowest BCUT2D eigenvalue weighted by Gasteiger charge is -2.16. The van der Waals surface area contributed by atoms with Crippen LogP contribution >= 0.6 is 34.3 Å². The van der Waals surface area contributed by atoms with Crippen LogP contribution in [0.1, 0.15) is 42.0 Å². The quantitative estimate of drug-likeness (QED) is 0.681. The minimum Gasteiger partial charge on any atom is -0.305 e. The fraction of sp³-hybridized carbons (Fsp3) is 0.429. The Kier molecular flexibility index (Phi) is 5.70. The molecule has 0 spiro atoms. The highest BCUT2D eigenvalue weighted by atomic mass is 35.5. The molecule has 0 bridgehead atoms. The summed E-state index contributed by atoms with van der Waals surface area (Å²) in [5.41, 5.74) is 0. The summed E-state index contributed by atoms with van der Waals surface area (Å²) < 4.78 is 0.863. The molecule has 98 valence electrons. The van der Waals surface area contributed by atoms with Crippen molar-refractivity contribution < 1.29 is 0 Å². The van der Waals surface area contributed by atoms with E-state index < -0.39 is 0 Å². The van der Waals surface area contributed by atoms with E-state index in [1.807, 2.05) is 6.07 Å². The second-order valence-corrected chi connectivity index (χ2v) is 6.98. The number of halogens is 1. The van der Waals surface area contributed by atoms with E-state index in [1.54, 1.807) is 22.7 Å². The van der Waals surface area contributed by atoms with Crippen molar-refractivity contribution in [1.82, 2.24) is 5.32 Å². The third kappa shape index (κ3) is 3.82. The second kappa shape index (κ2) is 7.29. The fourth-order valence-electron chi connectivity index (χ4n) is 1.90. The van der Waals surface area contributed by atoms with Crippen LogP contribution in [-0.2, 0) is 0 Å². The zero-order valence-corrected chi connectivity index (χ0v) is 12.9. The highest BCUT2D eigenvalue weighted by molar-refractivity contribution is 7.16. The fourth-order valence-corrected chi connectivity index (χ4v) is 3.95. The van der Waals surface area contributed by atoms with Crippen molar-refractivity contribution in [3.63, 3.8) is 0 Å². The minimum atomic E-state index is 0.305. The van der Waals surface area contributed by atoms with Gasteiger partial charge in [0, 0.05) is 9.75 Å². The van der Waals surface area contributed by atoms with Gasteiger partial charge in [-0.25, -0.2) is 0 Å². The highest BCUT2D eigenvalue weighted by Gasteiger charge is 2.16. The summed E-state index contributed by atoms with van der Waals surface area (Å²) in [5.74, 6) is 0. The molecule has 1 atom stereocenters. The molecule has 1 N–H and O–H groups in total. The predicted octanol–water partition coefficient (Wildman–Crippen LogP) is 5.33. The lowest BCUT2D eigenvalue weighted by atomic mass is 10.2. The van der Waals surface area contributed by atoms with Crippen LogP contribution in [0.2, 0.25) is 4.34 Å². The van der Waals surface area contributed by atoms with Crippen molar-refractivity contribution in [2.45, 2.75) is 32.2 Å². The number of unbranched alkanes of at least 4 members (excludes halogenated alkanes) is 2. The molecule has 2 rings (SSSR count). The average Bonchev–Trinajstić information content (AvgIpc) is 3.01. The number of rotatable bonds is 7. The Morgan fingerprint density at radius 3 is 2.72 bits per heavy atom. The van der Waals surface area contributed by atoms with Gasteiger partial charge in [0.15, 0.2) is 0 Å². The van der Waals surface area contributed by atoms with E-state index >= 15 is 0 Å². The van der Waals surface area contributed by atoms with Gasteiger partial charge in [0.1, 0.15) is 0 Å². The summed E-state index contributed by atoms with van der Waals surface area (Å²) in [6.45, 7) is 3.29. The summed E-state index contributed by atoms with van der Waals surface area (Å²) in [6, 6.07) is 8.71. The van der Waals surface area contributed by atoms with Gasteiger partial charge >= 0.3 is 0 Å². The third-order valence-corrected chi connectivity index (χ3v) is 5.07. The average molecular weight is 300 g/mol. The lowest BCUT2D eigenvalue weighted by Crippen LogP contribution is -2.21. The molecule has 1 nitrogen and oxygen atoms in total. The Balaban J connectivity index is 2.04. The SMILES string of the molecule is CCCCCNC(c1cccs1)c1ccc(Cl)s1. The molecule has 0 aliphatic carbocycles. The Labute approximate surface area is 122 Å². The molecule has 0 saturated heterocycles. The van der Waals surface area contributed by atoms with Gasteiger partial charge in [-0.05, 0) is 36.5 Å². The normalized spacial score (nSPS) is 12.8. The molecule has 0 aliphatic rings. The number of hydrogen-bond acceptors (Lipinski definition) is 3. The first-order valence-electron chi connectivity index (χ1n) is 6.33. The molecule has 2 heterocycles. The first kappa shape index (κ1) is 14.1. The Morgan fingerprint density at radius 2 is 2.11 bits per heavy atom. The van der Waals surface area contributed by atoms with Gasteiger partial charge in [0.05, 0.1) is 10.4 Å². The number of nitrogens with one attached hydrogen (secondary N) is 1. The lowest BCUT2D eigenvalue weighted by molar-refractivity contribution is 0.575. The van der Waals surface area contributed by atoms with Crippen LogP contribution in [-0.4, -0.2) is 6.54 Å². The van der Waals surface area contributed by atoms with E-state index in [1.165, 1.54) is 29.0 Å². The van der Waals surface area contributed by atoms with E-state index in [0.717, 1.165) is 10.9 Å². The third-order valence-electron chi connectivity index (χ3n) is 2.83. The molecule has 0 fully saturated rings. The maximum Gasteiger partial charge on any atom is 0.0931 e. The number of thiophene rings is 2. The van der Waals surface area contributed by atoms with E-state index in [9.17, 15) is 0 Å². The second-order valence-electron chi connectivity index (χ2n) is 4.25. The van der Waals surface area contributed by atoms with Crippen molar-refractivity contribution in [3.8, 4) is 0 Å². The van der Waals surface area contributed by atoms with Crippen LogP contribution in [0.3, 0.4) is 0 Å². The summed E-state index contributed by atoms with van der Waals surface area (Å²) in [4.78, 5) is 2.67. The molecule has 0 aliphatic heterocycles. The van der Waals surface area contributed by atoms with Gasteiger partial charge in [-0.1, -0.05) is 37.4 Å². The molecule has 2 aromatic rings. The molecule has 0 radical (unpaired) electrons. The Morgan fingerprint density at radius 1 is 1.22 bits per heavy atom. The van der Waals surface area contributed by atoms with Gasteiger partial charge in [-0.3, -0.25) is 0 Å². The minimum absolute atomic E-state index is 0.305. The van der Waals surface area contributed by atoms with Gasteiger partial charge < -0.3 is 5.32 Å². The summed E-state index contributed by atoms with van der Waals surface area (Å²) in [5, 5.41) is 5.78. The van der Waals surface area contributed by atoms with Crippen molar-refractivity contribution in [2.75, 3.05) is 6.54 Å². The van der Waals surface area contributed by atoms with E-state index in [4.69, 9.17) is 11.6 Å². The Hall–Kier alpha value is -0.350. The standard InChI is InChI=1S/C14H18ClNS2/c1-2-3-4-9-16-14(11-6-5-10-17-11)12-7-8-13(15)18-12/h5-8,10,14,16H,2-4,9H2,1H3. The molecule has 0 aromatic carbocycles. The maximum atomic E-state index is 6.04. The van der Waals surface area contributed by atoms with Crippen LogP contribution < -0.4 is 5.32 Å². The van der Waals surface area contributed by atoms with Crippen molar-refractivity contribution >= 4 is 34.3 Å². The number of hydrogen-bond donors (Lipinski definition) is 1. The van der Waals surface area contributed by atoms with Gasteiger partial charge in [0.2, 0.25) is 0 Å². The van der Waals surface area contributed by atoms with Crippen molar-refractivity contribution in [3.05, 3.63) is 43.7 Å². The van der Waals surface area contributed by atoms with Crippen molar-refractivity contribution in [1.29, 1.82) is 0 Å². The molecule has 4 heteroatoms. The highest BCUT2D eigenvalue weighted by Crippen LogP contribution is 2.32. The van der Waals surface area contributed by atoms with E-state index in [-0.39, 0.29) is 0 Å². The first-order valence-corrected chi connectivity index (χ1v) is 8.40. The van der Waals surface area contributed by atoms with Gasteiger partial charge in [0.25, 0.3) is 0 Å². The molecule has 0 amide bonds. The van der Waals surface area contributed by atoms with Crippen LogP contribution in [0.4, 0.5) is 0 Å².